The highest BCUT2D eigenvalue weighted by atomic mass is 79.9. The fraction of sp³-hybridized carbons (Fsp3) is 0.0909. The summed E-state index contributed by atoms with van der Waals surface area (Å²) in [6.45, 7) is 1.51. The van der Waals surface area contributed by atoms with Gasteiger partial charge >= 0.3 is 0 Å². The fourth-order valence-electron chi connectivity index (χ4n) is 1.26. The number of hydrogen-bond acceptors (Lipinski definition) is 3. The molecule has 0 radical (unpaired) electrons. The van der Waals surface area contributed by atoms with Gasteiger partial charge in [-0.2, -0.15) is 0 Å². The van der Waals surface area contributed by atoms with Crippen molar-refractivity contribution in [3.05, 3.63) is 38.1 Å². The van der Waals surface area contributed by atoms with Gasteiger partial charge in [0.25, 0.3) is 0 Å². The van der Waals surface area contributed by atoms with Crippen LogP contribution in [0.4, 0.5) is 0 Å². The van der Waals surface area contributed by atoms with E-state index in [0.29, 0.717) is 10.0 Å². The van der Waals surface area contributed by atoms with Crippen molar-refractivity contribution in [1.82, 2.24) is 4.98 Å². The Balaban J connectivity index is 2.46. The normalized spacial score (nSPS) is 10.4. The molecule has 0 unspecified atom stereocenters. The highest BCUT2D eigenvalue weighted by Gasteiger charge is 2.10. The summed E-state index contributed by atoms with van der Waals surface area (Å²) in [5, 5.41) is 2.97. The Hall–Kier alpha value is -0.710. The van der Waals surface area contributed by atoms with Gasteiger partial charge in [-0.1, -0.05) is 33.6 Å². The number of halogens is 2. The summed E-state index contributed by atoms with van der Waals surface area (Å²) in [6.07, 6.45) is 0. The van der Waals surface area contributed by atoms with Crippen molar-refractivity contribution >= 4 is 44.7 Å². The molecule has 0 saturated carbocycles. The van der Waals surface area contributed by atoms with Crippen LogP contribution in [0, 0.1) is 0 Å². The first-order chi connectivity index (χ1) is 7.58. The molecule has 0 aliphatic heterocycles. The van der Waals surface area contributed by atoms with Crippen molar-refractivity contribution < 1.29 is 4.79 Å². The first kappa shape index (κ1) is 11.8. The molecule has 0 fully saturated rings. The number of carbonyl (C=O) groups is 1. The van der Waals surface area contributed by atoms with E-state index in [9.17, 15) is 4.79 Å². The number of rotatable bonds is 2. The number of Topliss-reactive ketones (excluding diaryl/α,β-unsaturated/α-hetero) is 1. The number of aromatic nitrogens is 1. The molecule has 0 spiro atoms. The molecule has 0 amide bonds. The Morgan fingerprint density at radius 3 is 2.81 bits per heavy atom. The SMILES string of the molecule is CC(=O)c1nc(-c2ccc(Br)cc2Cl)cs1. The van der Waals surface area contributed by atoms with Gasteiger partial charge in [0.1, 0.15) is 0 Å². The summed E-state index contributed by atoms with van der Waals surface area (Å²) < 4.78 is 0.920. The number of nitrogens with zero attached hydrogens (tertiary/aromatic N) is 1. The van der Waals surface area contributed by atoms with Crippen molar-refractivity contribution in [3.8, 4) is 11.3 Å². The number of carbonyl (C=O) groups excluding carboxylic acids is 1. The fourth-order valence-corrected chi connectivity index (χ4v) is 2.75. The van der Waals surface area contributed by atoms with E-state index in [0.717, 1.165) is 15.7 Å². The standard InChI is InChI=1S/C11H7BrClNOS/c1-6(15)11-14-10(5-16-11)8-3-2-7(12)4-9(8)13/h2-5H,1H3. The smallest absolute Gasteiger partial charge is 0.188 e. The van der Waals surface area contributed by atoms with Crippen LogP contribution in [0.25, 0.3) is 11.3 Å². The van der Waals surface area contributed by atoms with E-state index in [1.807, 2.05) is 23.6 Å². The molecule has 1 aromatic carbocycles. The zero-order valence-corrected chi connectivity index (χ0v) is 11.5. The molecule has 1 heterocycles. The van der Waals surface area contributed by atoms with Crippen LogP contribution >= 0.6 is 38.9 Å². The summed E-state index contributed by atoms with van der Waals surface area (Å²) in [6, 6.07) is 5.59. The largest absolute Gasteiger partial charge is 0.292 e. The molecule has 0 bridgehead atoms. The Morgan fingerprint density at radius 1 is 1.50 bits per heavy atom. The molecule has 2 nitrogen and oxygen atoms in total. The summed E-state index contributed by atoms with van der Waals surface area (Å²) in [4.78, 5) is 15.4. The van der Waals surface area contributed by atoms with Crippen LogP contribution in [0.3, 0.4) is 0 Å². The predicted molar refractivity (Wildman–Crippen MR) is 70.3 cm³/mol. The van der Waals surface area contributed by atoms with Crippen molar-refractivity contribution in [2.24, 2.45) is 0 Å². The van der Waals surface area contributed by atoms with E-state index in [1.54, 1.807) is 0 Å². The second-order valence-corrected chi connectivity index (χ2v) is 5.40. The third kappa shape index (κ3) is 2.34. The molecule has 0 saturated heterocycles. The lowest BCUT2D eigenvalue weighted by Gasteiger charge is -2.00. The summed E-state index contributed by atoms with van der Waals surface area (Å²) >= 11 is 10.8. The van der Waals surface area contributed by atoms with Crippen molar-refractivity contribution in [2.45, 2.75) is 6.92 Å². The number of benzene rings is 1. The molecule has 0 aliphatic rings. The molecule has 1 aromatic heterocycles. The van der Waals surface area contributed by atoms with Gasteiger partial charge in [0.2, 0.25) is 0 Å². The van der Waals surface area contributed by atoms with E-state index >= 15 is 0 Å². The van der Waals surface area contributed by atoms with Crippen LogP contribution in [-0.4, -0.2) is 10.8 Å². The van der Waals surface area contributed by atoms with Crippen molar-refractivity contribution in [2.75, 3.05) is 0 Å². The topological polar surface area (TPSA) is 30.0 Å². The van der Waals surface area contributed by atoms with Crippen LogP contribution in [0.1, 0.15) is 16.7 Å². The zero-order chi connectivity index (χ0) is 11.7. The maximum atomic E-state index is 11.1. The predicted octanol–water partition coefficient (Wildman–Crippen LogP) is 4.43. The molecule has 2 rings (SSSR count). The molecular formula is C11H7BrClNOS. The molecule has 16 heavy (non-hydrogen) atoms. The Bertz CT molecular complexity index is 553. The van der Waals surface area contributed by atoms with E-state index in [2.05, 4.69) is 20.9 Å². The summed E-state index contributed by atoms with van der Waals surface area (Å²) in [5.41, 5.74) is 1.58. The van der Waals surface area contributed by atoms with Gasteiger partial charge in [-0.05, 0) is 12.1 Å². The van der Waals surface area contributed by atoms with Crippen LogP contribution in [0.2, 0.25) is 5.02 Å². The molecule has 0 atom stereocenters. The Morgan fingerprint density at radius 2 is 2.25 bits per heavy atom. The molecule has 82 valence electrons. The monoisotopic (exact) mass is 315 g/mol. The lowest BCUT2D eigenvalue weighted by Crippen LogP contribution is -1.90. The number of thiazole rings is 1. The van der Waals surface area contributed by atoms with Crippen molar-refractivity contribution in [1.29, 1.82) is 0 Å². The van der Waals surface area contributed by atoms with Crippen LogP contribution in [0.15, 0.2) is 28.1 Å². The molecule has 2 aromatic rings. The van der Waals surface area contributed by atoms with E-state index in [-0.39, 0.29) is 5.78 Å². The van der Waals surface area contributed by atoms with Gasteiger partial charge in [0.15, 0.2) is 10.8 Å². The maximum absolute atomic E-state index is 11.1. The van der Waals surface area contributed by atoms with E-state index < -0.39 is 0 Å². The first-order valence-electron chi connectivity index (χ1n) is 4.50. The van der Waals surface area contributed by atoms with Gasteiger partial charge in [0.05, 0.1) is 10.7 Å². The summed E-state index contributed by atoms with van der Waals surface area (Å²) in [5.74, 6) is -0.0236. The van der Waals surface area contributed by atoms with Gasteiger partial charge in [0, 0.05) is 22.3 Å². The van der Waals surface area contributed by atoms with Crippen LogP contribution < -0.4 is 0 Å². The third-order valence-corrected chi connectivity index (χ3v) is 3.76. The molecule has 0 aliphatic carbocycles. The zero-order valence-electron chi connectivity index (χ0n) is 8.33. The highest BCUT2D eigenvalue weighted by molar-refractivity contribution is 9.10. The number of hydrogen-bond donors (Lipinski definition) is 0. The minimum atomic E-state index is -0.0236. The second kappa shape index (κ2) is 4.65. The van der Waals surface area contributed by atoms with Gasteiger partial charge in [-0.3, -0.25) is 4.79 Å². The Labute approximate surface area is 110 Å². The van der Waals surface area contributed by atoms with E-state index in [4.69, 9.17) is 11.6 Å². The summed E-state index contributed by atoms with van der Waals surface area (Å²) in [7, 11) is 0. The van der Waals surface area contributed by atoms with Crippen LogP contribution in [-0.2, 0) is 0 Å². The second-order valence-electron chi connectivity index (χ2n) is 3.22. The molecular weight excluding hydrogens is 310 g/mol. The van der Waals surface area contributed by atoms with Gasteiger partial charge < -0.3 is 0 Å². The number of ketones is 1. The van der Waals surface area contributed by atoms with E-state index in [1.165, 1.54) is 18.3 Å². The quantitative estimate of drug-likeness (QED) is 0.767. The van der Waals surface area contributed by atoms with Gasteiger partial charge in [-0.25, -0.2) is 4.98 Å². The molecule has 0 N–H and O–H groups in total. The maximum Gasteiger partial charge on any atom is 0.188 e. The third-order valence-electron chi connectivity index (χ3n) is 2.01. The highest BCUT2D eigenvalue weighted by Crippen LogP contribution is 2.31. The molecule has 5 heteroatoms. The lowest BCUT2D eigenvalue weighted by molar-refractivity contribution is 0.101. The Kier molecular flexibility index (Phi) is 3.42. The average Bonchev–Trinajstić information content (AvgIpc) is 2.66. The van der Waals surface area contributed by atoms with Crippen LogP contribution in [0.5, 0.6) is 0 Å². The minimum Gasteiger partial charge on any atom is -0.292 e. The lowest BCUT2D eigenvalue weighted by atomic mass is 10.2. The van der Waals surface area contributed by atoms with Gasteiger partial charge in [-0.15, -0.1) is 11.3 Å². The minimum absolute atomic E-state index is 0.0236. The first-order valence-corrected chi connectivity index (χ1v) is 6.55. The average molecular weight is 317 g/mol. The van der Waals surface area contributed by atoms with Crippen molar-refractivity contribution in [3.63, 3.8) is 0 Å².